The van der Waals surface area contributed by atoms with Crippen molar-refractivity contribution in [3.8, 4) is 5.75 Å². The van der Waals surface area contributed by atoms with Crippen molar-refractivity contribution >= 4 is 23.2 Å². The highest BCUT2D eigenvalue weighted by Gasteiger charge is 2.10. The minimum atomic E-state index is -0.347. The molecule has 1 N–H and O–H groups in total. The summed E-state index contributed by atoms with van der Waals surface area (Å²) < 4.78 is 5.12. The number of carbonyl (C=O) groups is 1. The van der Waals surface area contributed by atoms with Gasteiger partial charge in [-0.15, -0.1) is 0 Å². The Morgan fingerprint density at radius 3 is 2.74 bits per heavy atom. The topological polar surface area (TPSA) is 64.1 Å². The zero-order chi connectivity index (χ0) is 13.8. The molecule has 0 radical (unpaired) electrons. The molecule has 2 rings (SSSR count). The fraction of sp³-hybridized carbons (Fsp3) is 0.154. The van der Waals surface area contributed by atoms with E-state index in [9.17, 15) is 4.79 Å². The number of amides is 1. The minimum Gasteiger partial charge on any atom is -0.497 e. The van der Waals surface area contributed by atoms with E-state index in [4.69, 9.17) is 16.3 Å². The van der Waals surface area contributed by atoms with E-state index in [-0.39, 0.29) is 16.8 Å². The fourth-order valence-corrected chi connectivity index (χ4v) is 1.58. The van der Waals surface area contributed by atoms with Crippen LogP contribution >= 0.6 is 11.6 Å². The van der Waals surface area contributed by atoms with Gasteiger partial charge in [0.2, 0.25) is 0 Å². The van der Waals surface area contributed by atoms with Gasteiger partial charge in [0.15, 0.2) is 0 Å². The van der Waals surface area contributed by atoms with E-state index in [1.807, 2.05) is 19.1 Å². The van der Waals surface area contributed by atoms with Crippen molar-refractivity contribution in [3.05, 3.63) is 47.0 Å². The van der Waals surface area contributed by atoms with Crippen molar-refractivity contribution < 1.29 is 9.53 Å². The maximum Gasteiger partial charge on any atom is 0.275 e. The number of carbonyl (C=O) groups excluding carboxylic acids is 1. The monoisotopic (exact) mass is 277 g/mol. The summed E-state index contributed by atoms with van der Waals surface area (Å²) in [6, 6.07) is 5.44. The average Bonchev–Trinajstić information content (AvgIpc) is 2.42. The van der Waals surface area contributed by atoms with Gasteiger partial charge in [-0.3, -0.25) is 4.79 Å². The smallest absolute Gasteiger partial charge is 0.275 e. The van der Waals surface area contributed by atoms with Crippen LogP contribution in [0.1, 0.15) is 16.1 Å². The summed E-state index contributed by atoms with van der Waals surface area (Å²) in [6.07, 6.45) is 2.65. The molecule has 1 amide bonds. The van der Waals surface area contributed by atoms with Crippen molar-refractivity contribution in [1.82, 2.24) is 9.97 Å². The molecular weight excluding hydrogens is 266 g/mol. The summed E-state index contributed by atoms with van der Waals surface area (Å²) in [6.45, 7) is 1.89. The first kappa shape index (κ1) is 13.3. The maximum atomic E-state index is 12.0. The molecule has 0 atom stereocenters. The molecule has 1 aromatic heterocycles. The number of nitrogens with zero attached hydrogens (tertiary/aromatic N) is 2. The number of aromatic nitrogens is 2. The van der Waals surface area contributed by atoms with E-state index in [0.717, 1.165) is 5.56 Å². The maximum absolute atomic E-state index is 12.0. The van der Waals surface area contributed by atoms with E-state index >= 15 is 0 Å². The molecule has 0 saturated heterocycles. The Hall–Kier alpha value is -2.14. The van der Waals surface area contributed by atoms with Gasteiger partial charge in [-0.25, -0.2) is 9.97 Å². The number of nitrogens with one attached hydrogen (secondary N) is 1. The molecule has 6 heteroatoms. The van der Waals surface area contributed by atoms with Crippen LogP contribution in [0.5, 0.6) is 5.75 Å². The third-order valence-corrected chi connectivity index (χ3v) is 2.74. The Bertz CT molecular complexity index is 599. The molecule has 0 aliphatic heterocycles. The first-order chi connectivity index (χ1) is 9.10. The molecule has 0 saturated carbocycles. The summed E-state index contributed by atoms with van der Waals surface area (Å²) >= 11 is 5.62. The van der Waals surface area contributed by atoms with Crippen LogP contribution in [0, 0.1) is 6.92 Å². The van der Waals surface area contributed by atoms with Gasteiger partial charge >= 0.3 is 0 Å². The van der Waals surface area contributed by atoms with Gasteiger partial charge in [0, 0.05) is 11.8 Å². The van der Waals surface area contributed by atoms with Crippen LogP contribution in [-0.2, 0) is 0 Å². The Morgan fingerprint density at radius 2 is 2.11 bits per heavy atom. The van der Waals surface area contributed by atoms with Crippen molar-refractivity contribution in [3.63, 3.8) is 0 Å². The second kappa shape index (κ2) is 5.67. The molecule has 1 aromatic carbocycles. The minimum absolute atomic E-state index is 0.201. The third kappa shape index (κ3) is 3.20. The highest BCUT2D eigenvalue weighted by Crippen LogP contribution is 2.22. The second-order valence-corrected chi connectivity index (χ2v) is 4.25. The summed E-state index contributed by atoms with van der Waals surface area (Å²) in [5, 5.41) is 3.00. The first-order valence-corrected chi connectivity index (χ1v) is 5.91. The third-order valence-electron chi connectivity index (χ3n) is 2.55. The summed E-state index contributed by atoms with van der Waals surface area (Å²) in [5.41, 5.74) is 1.80. The number of ether oxygens (including phenoxy) is 1. The van der Waals surface area contributed by atoms with Crippen molar-refractivity contribution in [1.29, 1.82) is 0 Å². The summed E-state index contributed by atoms with van der Waals surface area (Å²) in [4.78, 5) is 19.7. The van der Waals surface area contributed by atoms with E-state index in [1.54, 1.807) is 13.2 Å². The van der Waals surface area contributed by atoms with E-state index in [2.05, 4.69) is 15.3 Å². The van der Waals surface area contributed by atoms with Crippen molar-refractivity contribution in [2.45, 2.75) is 6.92 Å². The van der Waals surface area contributed by atoms with Crippen LogP contribution in [0.3, 0.4) is 0 Å². The van der Waals surface area contributed by atoms with Crippen LogP contribution in [-0.4, -0.2) is 23.0 Å². The van der Waals surface area contributed by atoms with Crippen molar-refractivity contribution in [2.24, 2.45) is 0 Å². The molecule has 0 aliphatic rings. The molecule has 19 heavy (non-hydrogen) atoms. The number of hydrogen-bond donors (Lipinski definition) is 1. The lowest BCUT2D eigenvalue weighted by Gasteiger charge is -2.09. The highest BCUT2D eigenvalue weighted by molar-refractivity contribution is 6.29. The zero-order valence-electron chi connectivity index (χ0n) is 10.5. The molecule has 0 bridgehead atoms. The first-order valence-electron chi connectivity index (χ1n) is 5.53. The Labute approximate surface area is 115 Å². The van der Waals surface area contributed by atoms with Crippen LogP contribution in [0.2, 0.25) is 5.15 Å². The van der Waals surface area contributed by atoms with Gasteiger partial charge in [0.25, 0.3) is 5.91 Å². The number of halogens is 1. The predicted molar refractivity (Wildman–Crippen MR) is 72.7 cm³/mol. The lowest BCUT2D eigenvalue weighted by atomic mass is 10.2. The molecule has 0 spiro atoms. The average molecular weight is 278 g/mol. The molecular formula is C13H12ClN3O2. The second-order valence-electron chi connectivity index (χ2n) is 3.86. The van der Waals surface area contributed by atoms with Gasteiger partial charge in [0.1, 0.15) is 16.6 Å². The highest BCUT2D eigenvalue weighted by atomic mass is 35.5. The molecule has 0 unspecified atom stereocenters. The molecule has 1 heterocycles. The zero-order valence-corrected chi connectivity index (χ0v) is 11.2. The normalized spacial score (nSPS) is 10.1. The molecule has 0 fully saturated rings. The number of anilines is 1. The number of aryl methyl sites for hydroxylation is 1. The Morgan fingerprint density at radius 1 is 1.32 bits per heavy atom. The quantitative estimate of drug-likeness (QED) is 0.937. The Kier molecular flexibility index (Phi) is 3.97. The lowest BCUT2D eigenvalue weighted by Crippen LogP contribution is -2.14. The molecule has 98 valence electrons. The standard InChI is InChI=1S/C13H12ClN3O2/c1-8-3-4-9(19-2)5-10(8)17-13(18)11-6-16-12(14)7-15-11/h3-7H,1-2H3,(H,17,18). The summed E-state index contributed by atoms with van der Waals surface area (Å²) in [7, 11) is 1.57. The predicted octanol–water partition coefficient (Wildman–Crippen LogP) is 2.70. The van der Waals surface area contributed by atoms with Crippen LogP contribution in [0.15, 0.2) is 30.6 Å². The number of methoxy groups -OCH3 is 1. The molecule has 2 aromatic rings. The largest absolute Gasteiger partial charge is 0.497 e. The Balaban J connectivity index is 2.21. The SMILES string of the molecule is COc1ccc(C)c(NC(=O)c2cnc(Cl)cn2)c1. The van der Waals surface area contributed by atoms with E-state index in [0.29, 0.717) is 11.4 Å². The number of rotatable bonds is 3. The van der Waals surface area contributed by atoms with Crippen molar-refractivity contribution in [2.75, 3.05) is 12.4 Å². The van der Waals surface area contributed by atoms with Crippen LogP contribution in [0.25, 0.3) is 0 Å². The molecule has 0 aliphatic carbocycles. The van der Waals surface area contributed by atoms with Gasteiger partial charge in [0.05, 0.1) is 19.5 Å². The van der Waals surface area contributed by atoms with Gasteiger partial charge in [-0.05, 0) is 18.6 Å². The fourth-order valence-electron chi connectivity index (χ4n) is 1.48. The van der Waals surface area contributed by atoms with E-state index in [1.165, 1.54) is 12.4 Å². The summed E-state index contributed by atoms with van der Waals surface area (Å²) in [5.74, 6) is 0.323. The van der Waals surface area contributed by atoms with E-state index < -0.39 is 0 Å². The van der Waals surface area contributed by atoms with Gasteiger partial charge < -0.3 is 10.1 Å². The number of benzene rings is 1. The lowest BCUT2D eigenvalue weighted by molar-refractivity contribution is 0.102. The van der Waals surface area contributed by atoms with Gasteiger partial charge in [-0.2, -0.15) is 0 Å². The van der Waals surface area contributed by atoms with Crippen LogP contribution in [0.4, 0.5) is 5.69 Å². The van der Waals surface area contributed by atoms with Crippen LogP contribution < -0.4 is 10.1 Å². The number of hydrogen-bond acceptors (Lipinski definition) is 4. The van der Waals surface area contributed by atoms with Gasteiger partial charge in [-0.1, -0.05) is 17.7 Å². The molecule has 5 nitrogen and oxygen atoms in total.